The Morgan fingerprint density at radius 2 is 2.25 bits per heavy atom. The van der Waals surface area contributed by atoms with E-state index in [4.69, 9.17) is 4.74 Å². The summed E-state index contributed by atoms with van der Waals surface area (Å²) in [5.41, 5.74) is 1.20. The predicted molar refractivity (Wildman–Crippen MR) is 78.6 cm³/mol. The zero-order valence-electron chi connectivity index (χ0n) is 12.4. The van der Waals surface area contributed by atoms with Crippen LogP contribution in [0.15, 0.2) is 12.3 Å². The zero-order valence-corrected chi connectivity index (χ0v) is 12.4. The molecule has 0 amide bonds. The van der Waals surface area contributed by atoms with Gasteiger partial charge in [0.25, 0.3) is 0 Å². The molecule has 1 aromatic heterocycles. The molecule has 0 aromatic carbocycles. The number of ether oxygens (including phenoxy) is 1. The Morgan fingerprint density at radius 1 is 1.45 bits per heavy atom. The number of aryl methyl sites for hydroxylation is 1. The summed E-state index contributed by atoms with van der Waals surface area (Å²) in [5.74, 6) is 0. The Morgan fingerprint density at radius 3 is 2.95 bits per heavy atom. The molecule has 2 N–H and O–H groups in total. The topological polar surface area (TPSA) is 59.3 Å². The van der Waals surface area contributed by atoms with Gasteiger partial charge >= 0.3 is 0 Å². The van der Waals surface area contributed by atoms with Crippen LogP contribution in [0.1, 0.15) is 37.8 Å². The number of nitrogens with one attached hydrogen (secondary N) is 1. The van der Waals surface area contributed by atoms with Gasteiger partial charge in [-0.3, -0.25) is 4.68 Å². The number of aliphatic hydroxyl groups excluding tert-OH is 1. The number of hydrogen-bond donors (Lipinski definition) is 2. The number of aromatic nitrogens is 2. The van der Waals surface area contributed by atoms with Gasteiger partial charge in [0.1, 0.15) is 0 Å². The van der Waals surface area contributed by atoms with Gasteiger partial charge in [-0.2, -0.15) is 5.10 Å². The summed E-state index contributed by atoms with van der Waals surface area (Å²) >= 11 is 0. The van der Waals surface area contributed by atoms with Gasteiger partial charge < -0.3 is 15.2 Å². The molecule has 5 nitrogen and oxygen atoms in total. The summed E-state index contributed by atoms with van der Waals surface area (Å²) in [6.45, 7) is 1.88. The molecule has 0 bridgehead atoms. The summed E-state index contributed by atoms with van der Waals surface area (Å²) in [6, 6.07) is 2.02. The van der Waals surface area contributed by atoms with E-state index in [9.17, 15) is 5.11 Å². The quantitative estimate of drug-likeness (QED) is 0.704. The van der Waals surface area contributed by atoms with E-state index in [1.165, 1.54) is 25.0 Å². The molecule has 0 spiro atoms. The molecular formula is C15H27N3O2. The van der Waals surface area contributed by atoms with Crippen molar-refractivity contribution in [2.24, 2.45) is 7.05 Å². The maximum Gasteiger partial charge on any atom is 0.0897 e. The van der Waals surface area contributed by atoms with E-state index in [1.54, 1.807) is 0 Å². The fourth-order valence-corrected chi connectivity index (χ4v) is 2.67. The van der Waals surface area contributed by atoms with Crippen molar-refractivity contribution in [3.05, 3.63) is 18.0 Å². The fraction of sp³-hybridized carbons (Fsp3) is 0.800. The minimum Gasteiger partial charge on any atom is -0.389 e. The highest BCUT2D eigenvalue weighted by molar-refractivity contribution is 5.00. The van der Waals surface area contributed by atoms with Crippen molar-refractivity contribution in [1.29, 1.82) is 0 Å². The van der Waals surface area contributed by atoms with Gasteiger partial charge in [-0.15, -0.1) is 0 Å². The maximum absolute atomic E-state index is 9.89. The summed E-state index contributed by atoms with van der Waals surface area (Å²) in [7, 11) is 1.95. The Kier molecular flexibility index (Phi) is 6.50. The first-order valence-electron chi connectivity index (χ1n) is 7.73. The second kappa shape index (κ2) is 8.39. The highest BCUT2D eigenvalue weighted by Crippen LogP contribution is 2.20. The molecule has 5 heteroatoms. The Bertz CT molecular complexity index is 375. The van der Waals surface area contributed by atoms with E-state index in [0.717, 1.165) is 25.8 Å². The second-order valence-electron chi connectivity index (χ2n) is 5.65. The maximum atomic E-state index is 9.89. The predicted octanol–water partition coefficient (Wildman–Crippen LogP) is 1.26. The molecule has 0 aliphatic heterocycles. The lowest BCUT2D eigenvalue weighted by Crippen LogP contribution is -2.33. The molecule has 1 saturated carbocycles. The van der Waals surface area contributed by atoms with E-state index in [1.807, 2.05) is 24.0 Å². The summed E-state index contributed by atoms with van der Waals surface area (Å²) in [4.78, 5) is 0. The highest BCUT2D eigenvalue weighted by Gasteiger charge is 2.15. The molecule has 0 saturated heterocycles. The average Bonchev–Trinajstić information content (AvgIpc) is 2.88. The fourth-order valence-electron chi connectivity index (χ4n) is 2.67. The van der Waals surface area contributed by atoms with Crippen molar-refractivity contribution in [2.45, 2.75) is 50.7 Å². The number of aliphatic hydroxyl groups is 1. The van der Waals surface area contributed by atoms with Crippen molar-refractivity contribution < 1.29 is 9.84 Å². The van der Waals surface area contributed by atoms with Gasteiger partial charge in [0.15, 0.2) is 0 Å². The van der Waals surface area contributed by atoms with Gasteiger partial charge in [0, 0.05) is 38.4 Å². The van der Waals surface area contributed by atoms with E-state index < -0.39 is 6.10 Å². The molecule has 1 heterocycles. The molecule has 0 radical (unpaired) electrons. The molecule has 1 aromatic rings. The second-order valence-corrected chi connectivity index (χ2v) is 5.65. The van der Waals surface area contributed by atoms with Crippen LogP contribution in [0.4, 0.5) is 0 Å². The van der Waals surface area contributed by atoms with Crippen LogP contribution in [0, 0.1) is 0 Å². The molecule has 1 fully saturated rings. The van der Waals surface area contributed by atoms with E-state index in [0.29, 0.717) is 19.3 Å². The van der Waals surface area contributed by atoms with Crippen molar-refractivity contribution in [1.82, 2.24) is 15.1 Å². The molecule has 1 unspecified atom stereocenters. The third kappa shape index (κ3) is 5.23. The van der Waals surface area contributed by atoms with Crippen molar-refractivity contribution in [3.8, 4) is 0 Å². The summed E-state index contributed by atoms with van der Waals surface area (Å²) in [6.07, 6.45) is 8.86. The standard InChI is InChI=1S/C15H27N3O2/c1-18-13(8-10-17-18)7-9-16-11-14(19)12-20-15-5-3-2-4-6-15/h8,10,14-16,19H,2-7,9,11-12H2,1H3. The van der Waals surface area contributed by atoms with Crippen molar-refractivity contribution >= 4 is 0 Å². The third-order valence-corrected chi connectivity index (χ3v) is 3.94. The lowest BCUT2D eigenvalue weighted by Gasteiger charge is -2.23. The van der Waals surface area contributed by atoms with Gasteiger partial charge in [-0.1, -0.05) is 19.3 Å². The minimum atomic E-state index is -0.413. The Balaban J connectivity index is 1.51. The first kappa shape index (κ1) is 15.5. The SMILES string of the molecule is Cn1nccc1CCNCC(O)COC1CCCCC1. The van der Waals surface area contributed by atoms with Crippen LogP contribution in [-0.2, 0) is 18.2 Å². The summed E-state index contributed by atoms with van der Waals surface area (Å²) < 4.78 is 7.64. The van der Waals surface area contributed by atoms with Crippen molar-refractivity contribution in [2.75, 3.05) is 19.7 Å². The van der Waals surface area contributed by atoms with Crippen molar-refractivity contribution in [3.63, 3.8) is 0 Å². The van der Waals surface area contributed by atoms with Crippen LogP contribution in [0.2, 0.25) is 0 Å². The molecule has 20 heavy (non-hydrogen) atoms. The van der Waals surface area contributed by atoms with E-state index >= 15 is 0 Å². The van der Waals surface area contributed by atoms with Crippen LogP contribution in [0.25, 0.3) is 0 Å². The average molecular weight is 281 g/mol. The van der Waals surface area contributed by atoms with Gasteiger partial charge in [-0.05, 0) is 18.9 Å². The van der Waals surface area contributed by atoms with Crippen LogP contribution in [0.3, 0.4) is 0 Å². The van der Waals surface area contributed by atoms with Crippen LogP contribution >= 0.6 is 0 Å². The largest absolute Gasteiger partial charge is 0.389 e. The molecule has 1 atom stereocenters. The van der Waals surface area contributed by atoms with E-state index in [2.05, 4.69) is 10.4 Å². The van der Waals surface area contributed by atoms with Gasteiger partial charge in [0.05, 0.1) is 18.8 Å². The number of rotatable bonds is 8. The summed E-state index contributed by atoms with van der Waals surface area (Å²) in [5, 5.41) is 17.3. The first-order chi connectivity index (χ1) is 9.75. The Labute approximate surface area is 121 Å². The minimum absolute atomic E-state index is 0.368. The first-order valence-corrected chi connectivity index (χ1v) is 7.73. The van der Waals surface area contributed by atoms with Crippen LogP contribution in [0.5, 0.6) is 0 Å². The number of nitrogens with zero attached hydrogens (tertiary/aromatic N) is 2. The lowest BCUT2D eigenvalue weighted by molar-refractivity contribution is -0.0228. The third-order valence-electron chi connectivity index (χ3n) is 3.94. The van der Waals surface area contributed by atoms with Gasteiger partial charge in [0.2, 0.25) is 0 Å². The molecule has 2 rings (SSSR count). The lowest BCUT2D eigenvalue weighted by atomic mass is 9.98. The normalized spacial score (nSPS) is 18.3. The number of hydrogen-bond acceptors (Lipinski definition) is 4. The zero-order chi connectivity index (χ0) is 14.2. The molecule has 1 aliphatic carbocycles. The monoisotopic (exact) mass is 281 g/mol. The van der Waals surface area contributed by atoms with E-state index in [-0.39, 0.29) is 0 Å². The highest BCUT2D eigenvalue weighted by atomic mass is 16.5. The van der Waals surface area contributed by atoms with Gasteiger partial charge in [-0.25, -0.2) is 0 Å². The smallest absolute Gasteiger partial charge is 0.0897 e. The van der Waals surface area contributed by atoms with Crippen LogP contribution in [-0.4, -0.2) is 46.8 Å². The molecular weight excluding hydrogens is 254 g/mol. The van der Waals surface area contributed by atoms with Crippen LogP contribution < -0.4 is 5.32 Å². The molecule has 114 valence electrons. The molecule has 1 aliphatic rings. The Hall–Kier alpha value is -0.910.